The fraction of sp³-hybridized carbons (Fsp3) is 0.381. The van der Waals surface area contributed by atoms with Crippen LogP contribution in [0.3, 0.4) is 0 Å². The molecule has 10 heteroatoms. The first-order valence-corrected chi connectivity index (χ1v) is 9.59. The van der Waals surface area contributed by atoms with Crippen molar-refractivity contribution in [2.75, 3.05) is 19.6 Å². The van der Waals surface area contributed by atoms with Crippen LogP contribution < -0.4 is 0 Å². The summed E-state index contributed by atoms with van der Waals surface area (Å²) < 4.78 is 45.0. The van der Waals surface area contributed by atoms with Crippen molar-refractivity contribution in [3.05, 3.63) is 65.7 Å². The summed E-state index contributed by atoms with van der Waals surface area (Å²) in [6, 6.07) is 12.4. The maximum absolute atomic E-state index is 13.3. The van der Waals surface area contributed by atoms with E-state index in [1.54, 1.807) is 12.3 Å². The highest BCUT2D eigenvalue weighted by molar-refractivity contribution is 5.82. The number of alkyl halides is 3. The van der Waals surface area contributed by atoms with Crippen LogP contribution in [0.5, 0.6) is 0 Å². The Kier molecular flexibility index (Phi) is 6.89. The second-order valence-electron chi connectivity index (χ2n) is 7.53. The number of halogens is 4. The predicted octanol–water partition coefficient (Wildman–Crippen LogP) is 2.94. The molecule has 2 aliphatic rings. The Bertz CT molecular complexity index is 924. The molecular formula is C21H21F4N3O3. The zero-order valence-electron chi connectivity index (χ0n) is 16.4. The lowest BCUT2D eigenvalue weighted by Crippen LogP contribution is -2.32. The number of fused-ring (bicyclic) bond motifs is 1. The van der Waals surface area contributed by atoms with Crippen molar-refractivity contribution >= 4 is 11.9 Å². The number of carbonyl (C=O) groups is 2. The van der Waals surface area contributed by atoms with Gasteiger partial charge in [-0.15, -0.1) is 0 Å². The smallest absolute Gasteiger partial charge is 0.475 e. The summed E-state index contributed by atoms with van der Waals surface area (Å²) in [5.74, 6) is -2.36. The van der Waals surface area contributed by atoms with Gasteiger partial charge in [0, 0.05) is 44.8 Å². The first kappa shape index (κ1) is 22.7. The first-order valence-electron chi connectivity index (χ1n) is 9.59. The standard InChI is InChI=1S/C19H20FN3O.C2HF3O2/c20-16-5-3-4-14(8-16)9-23-11-15-10-22(13-18(15)19(23)24)12-17-6-1-2-7-21-17;3-2(4,5)1(6)7/h1-8,15,18H,9-13H2;(H,6,7)/t15-,18-;/m0./s1. The maximum atomic E-state index is 13.3. The predicted molar refractivity (Wildman–Crippen MR) is 102 cm³/mol. The molecule has 2 saturated heterocycles. The third-order valence-corrected chi connectivity index (χ3v) is 5.22. The van der Waals surface area contributed by atoms with Crippen LogP contribution in [-0.4, -0.2) is 57.6 Å². The molecule has 1 aromatic carbocycles. The van der Waals surface area contributed by atoms with Gasteiger partial charge in [0.15, 0.2) is 0 Å². The van der Waals surface area contributed by atoms with E-state index in [0.29, 0.717) is 12.5 Å². The van der Waals surface area contributed by atoms with Gasteiger partial charge in [-0.25, -0.2) is 9.18 Å². The molecule has 6 nitrogen and oxygen atoms in total. The minimum atomic E-state index is -5.08. The number of aromatic nitrogens is 1. The first-order chi connectivity index (χ1) is 14.6. The van der Waals surface area contributed by atoms with E-state index in [9.17, 15) is 22.4 Å². The Morgan fingerprint density at radius 3 is 2.42 bits per heavy atom. The Balaban J connectivity index is 0.000000339. The van der Waals surface area contributed by atoms with Crippen molar-refractivity contribution in [3.63, 3.8) is 0 Å². The van der Waals surface area contributed by atoms with Gasteiger partial charge in [0.1, 0.15) is 5.82 Å². The molecular weight excluding hydrogens is 418 g/mol. The van der Waals surface area contributed by atoms with Gasteiger partial charge in [0.05, 0.1) is 11.6 Å². The van der Waals surface area contributed by atoms with Crippen molar-refractivity contribution in [1.82, 2.24) is 14.8 Å². The van der Waals surface area contributed by atoms with E-state index in [2.05, 4.69) is 9.88 Å². The van der Waals surface area contributed by atoms with E-state index in [4.69, 9.17) is 9.90 Å². The number of carboxylic acid groups (broad SMARTS) is 1. The van der Waals surface area contributed by atoms with Gasteiger partial charge in [0.2, 0.25) is 5.91 Å². The Morgan fingerprint density at radius 1 is 1.10 bits per heavy atom. The van der Waals surface area contributed by atoms with E-state index >= 15 is 0 Å². The number of pyridine rings is 1. The number of nitrogens with zero attached hydrogens (tertiary/aromatic N) is 3. The summed E-state index contributed by atoms with van der Waals surface area (Å²) in [6.45, 7) is 3.78. The topological polar surface area (TPSA) is 73.7 Å². The van der Waals surface area contributed by atoms with Crippen LogP contribution in [0.25, 0.3) is 0 Å². The molecule has 0 bridgehead atoms. The van der Waals surface area contributed by atoms with Gasteiger partial charge < -0.3 is 10.0 Å². The number of amides is 1. The Morgan fingerprint density at radius 2 is 1.84 bits per heavy atom. The molecule has 2 fully saturated rings. The van der Waals surface area contributed by atoms with Crippen LogP contribution >= 0.6 is 0 Å². The average molecular weight is 439 g/mol. The molecule has 2 atom stereocenters. The molecule has 2 aromatic rings. The average Bonchev–Trinajstić information content (AvgIpc) is 3.21. The number of carboxylic acids is 1. The molecule has 2 aliphatic heterocycles. The fourth-order valence-corrected chi connectivity index (χ4v) is 3.88. The number of carbonyl (C=O) groups excluding carboxylic acids is 1. The van der Waals surface area contributed by atoms with Crippen molar-refractivity contribution < 1.29 is 32.3 Å². The summed E-state index contributed by atoms with van der Waals surface area (Å²) in [6.07, 6.45) is -3.28. The number of likely N-dealkylation sites (tertiary alicyclic amines) is 2. The second-order valence-corrected chi connectivity index (χ2v) is 7.53. The highest BCUT2D eigenvalue weighted by atomic mass is 19.4. The van der Waals surface area contributed by atoms with Gasteiger partial charge in [-0.1, -0.05) is 18.2 Å². The molecule has 0 unspecified atom stereocenters. The fourth-order valence-electron chi connectivity index (χ4n) is 3.88. The molecule has 0 aliphatic carbocycles. The van der Waals surface area contributed by atoms with Crippen molar-refractivity contribution in [3.8, 4) is 0 Å². The number of benzene rings is 1. The minimum absolute atomic E-state index is 0.0715. The normalized spacial score (nSPS) is 20.9. The van der Waals surface area contributed by atoms with Crippen LogP contribution in [0.4, 0.5) is 17.6 Å². The summed E-state index contributed by atoms with van der Waals surface area (Å²) >= 11 is 0. The van der Waals surface area contributed by atoms with Gasteiger partial charge in [-0.05, 0) is 29.8 Å². The molecule has 1 amide bonds. The molecule has 0 radical (unpaired) electrons. The van der Waals surface area contributed by atoms with E-state index in [-0.39, 0.29) is 17.6 Å². The van der Waals surface area contributed by atoms with Gasteiger partial charge >= 0.3 is 12.1 Å². The van der Waals surface area contributed by atoms with Crippen LogP contribution in [0.2, 0.25) is 0 Å². The SMILES string of the molecule is O=C(O)C(F)(F)F.O=C1[C@H]2CN(Cc3ccccn3)C[C@H]2CN1Cc1cccc(F)c1. The second kappa shape index (κ2) is 9.42. The van der Waals surface area contributed by atoms with Crippen LogP contribution in [0.15, 0.2) is 48.7 Å². The zero-order chi connectivity index (χ0) is 22.6. The lowest BCUT2D eigenvalue weighted by Gasteiger charge is -2.21. The Hall–Kier alpha value is -3.01. The van der Waals surface area contributed by atoms with Crippen molar-refractivity contribution in [2.24, 2.45) is 11.8 Å². The molecule has 31 heavy (non-hydrogen) atoms. The molecule has 0 spiro atoms. The molecule has 166 valence electrons. The van der Waals surface area contributed by atoms with E-state index in [1.807, 2.05) is 29.2 Å². The van der Waals surface area contributed by atoms with Crippen LogP contribution in [0, 0.1) is 17.7 Å². The Labute approximate surface area is 176 Å². The van der Waals surface area contributed by atoms with Crippen molar-refractivity contribution in [2.45, 2.75) is 19.3 Å². The molecule has 4 rings (SSSR count). The summed E-state index contributed by atoms with van der Waals surface area (Å²) in [5, 5.41) is 7.12. The molecule has 3 heterocycles. The number of hydrogen-bond acceptors (Lipinski definition) is 4. The van der Waals surface area contributed by atoms with E-state index in [0.717, 1.165) is 37.4 Å². The van der Waals surface area contributed by atoms with Crippen molar-refractivity contribution in [1.29, 1.82) is 0 Å². The van der Waals surface area contributed by atoms with E-state index < -0.39 is 12.1 Å². The van der Waals surface area contributed by atoms with Gasteiger partial charge in [-0.2, -0.15) is 13.2 Å². The number of rotatable bonds is 4. The zero-order valence-corrected chi connectivity index (χ0v) is 16.4. The number of aliphatic carboxylic acids is 1. The van der Waals surface area contributed by atoms with Crippen LogP contribution in [-0.2, 0) is 22.7 Å². The van der Waals surface area contributed by atoms with Gasteiger partial charge in [0.25, 0.3) is 0 Å². The molecule has 1 N–H and O–H groups in total. The quantitative estimate of drug-likeness (QED) is 0.742. The third-order valence-electron chi connectivity index (χ3n) is 5.22. The highest BCUT2D eigenvalue weighted by Gasteiger charge is 2.45. The monoisotopic (exact) mass is 439 g/mol. The number of hydrogen-bond donors (Lipinski definition) is 1. The summed E-state index contributed by atoms with van der Waals surface area (Å²) in [7, 11) is 0. The third kappa shape index (κ3) is 6.00. The summed E-state index contributed by atoms with van der Waals surface area (Å²) in [4.78, 5) is 30.1. The lowest BCUT2D eigenvalue weighted by atomic mass is 10.0. The summed E-state index contributed by atoms with van der Waals surface area (Å²) in [5.41, 5.74) is 1.90. The molecule has 0 saturated carbocycles. The van der Waals surface area contributed by atoms with Gasteiger partial charge in [-0.3, -0.25) is 14.7 Å². The van der Waals surface area contributed by atoms with E-state index in [1.165, 1.54) is 12.1 Å². The lowest BCUT2D eigenvalue weighted by molar-refractivity contribution is -0.192. The van der Waals surface area contributed by atoms with Crippen LogP contribution in [0.1, 0.15) is 11.3 Å². The maximum Gasteiger partial charge on any atom is 0.490 e. The minimum Gasteiger partial charge on any atom is -0.475 e. The molecule has 1 aromatic heterocycles. The highest BCUT2D eigenvalue weighted by Crippen LogP contribution is 2.33. The largest absolute Gasteiger partial charge is 0.490 e.